The molecular weight excluding hydrogens is 227 g/mol. The lowest BCUT2D eigenvalue weighted by Crippen LogP contribution is -2.02. The number of alkyl halides is 1. The van der Waals surface area contributed by atoms with Gasteiger partial charge in [0.25, 0.3) is 0 Å². The van der Waals surface area contributed by atoms with Gasteiger partial charge in [-0.05, 0) is 11.6 Å². The highest BCUT2D eigenvalue weighted by Crippen LogP contribution is 2.15. The van der Waals surface area contributed by atoms with Crippen LogP contribution in [0.1, 0.15) is 15.9 Å². The zero-order chi connectivity index (χ0) is 9.14. The third kappa shape index (κ3) is 1.64. The molecule has 0 fully saturated rings. The summed E-state index contributed by atoms with van der Waals surface area (Å²) in [6.45, 7) is 0. The quantitative estimate of drug-likeness (QED) is 0.796. The average molecular weight is 233 g/mol. The molecule has 0 radical (unpaired) electrons. The number of hydrogen-bond donors (Lipinski definition) is 1. The van der Waals surface area contributed by atoms with Gasteiger partial charge in [-0.1, -0.05) is 28.1 Å². The van der Waals surface area contributed by atoms with Crippen LogP contribution >= 0.6 is 15.9 Å². The predicted molar refractivity (Wildman–Crippen MR) is 46.0 cm³/mol. The van der Waals surface area contributed by atoms with Gasteiger partial charge in [0.05, 0.1) is 5.56 Å². The minimum Gasteiger partial charge on any atom is -0.478 e. The molecule has 0 aromatic heterocycles. The predicted octanol–water partition coefficient (Wildman–Crippen LogP) is 2.42. The summed E-state index contributed by atoms with van der Waals surface area (Å²) in [7, 11) is 0. The summed E-state index contributed by atoms with van der Waals surface area (Å²) in [5.74, 6) is -1.91. The maximum absolute atomic E-state index is 13.1. The van der Waals surface area contributed by atoms with Crippen LogP contribution in [0.15, 0.2) is 18.2 Å². The minimum absolute atomic E-state index is 0.285. The SMILES string of the molecule is O=C(O)c1cccc(CBr)c1F. The molecule has 0 spiro atoms. The van der Waals surface area contributed by atoms with E-state index < -0.39 is 11.8 Å². The van der Waals surface area contributed by atoms with Crippen molar-refractivity contribution in [3.05, 3.63) is 35.1 Å². The molecule has 0 aliphatic carbocycles. The van der Waals surface area contributed by atoms with Crippen LogP contribution in [-0.4, -0.2) is 11.1 Å². The van der Waals surface area contributed by atoms with E-state index >= 15 is 0 Å². The molecule has 1 N–H and O–H groups in total. The Morgan fingerprint density at radius 3 is 2.75 bits per heavy atom. The lowest BCUT2D eigenvalue weighted by molar-refractivity contribution is 0.0691. The average Bonchev–Trinajstić information content (AvgIpc) is 2.04. The van der Waals surface area contributed by atoms with Crippen molar-refractivity contribution in [1.82, 2.24) is 0 Å². The first-order valence-corrected chi connectivity index (χ1v) is 4.35. The summed E-state index contributed by atoms with van der Waals surface area (Å²) in [5, 5.41) is 8.85. The van der Waals surface area contributed by atoms with E-state index in [4.69, 9.17) is 5.11 Å². The van der Waals surface area contributed by atoms with Gasteiger partial charge in [-0.15, -0.1) is 0 Å². The van der Waals surface area contributed by atoms with E-state index in [0.717, 1.165) is 0 Å². The lowest BCUT2D eigenvalue weighted by atomic mass is 10.1. The normalized spacial score (nSPS) is 9.83. The molecule has 1 rings (SSSR count). The van der Waals surface area contributed by atoms with E-state index in [1.165, 1.54) is 18.2 Å². The van der Waals surface area contributed by atoms with Gasteiger partial charge in [0, 0.05) is 5.33 Å². The Bertz CT molecular complexity index is 312. The van der Waals surface area contributed by atoms with E-state index in [1.807, 2.05) is 0 Å². The Morgan fingerprint density at radius 2 is 2.25 bits per heavy atom. The van der Waals surface area contributed by atoms with Crippen LogP contribution < -0.4 is 0 Å². The summed E-state index contributed by atoms with van der Waals surface area (Å²) in [4.78, 5) is 10.4. The van der Waals surface area contributed by atoms with Crippen LogP contribution in [0.5, 0.6) is 0 Å². The first-order chi connectivity index (χ1) is 5.66. The van der Waals surface area contributed by atoms with Gasteiger partial charge in [0.15, 0.2) is 0 Å². The molecule has 0 atom stereocenters. The Morgan fingerprint density at radius 1 is 1.58 bits per heavy atom. The third-order valence-electron chi connectivity index (χ3n) is 1.45. The molecular formula is C8H6BrFO2. The fourth-order valence-electron chi connectivity index (χ4n) is 0.848. The number of halogens is 2. The highest BCUT2D eigenvalue weighted by Gasteiger charge is 2.12. The van der Waals surface area contributed by atoms with Crippen LogP contribution in [-0.2, 0) is 5.33 Å². The van der Waals surface area contributed by atoms with Crippen molar-refractivity contribution in [1.29, 1.82) is 0 Å². The second-order valence-corrected chi connectivity index (χ2v) is 2.78. The first-order valence-electron chi connectivity index (χ1n) is 3.23. The van der Waals surface area contributed by atoms with Crippen LogP contribution in [0.25, 0.3) is 0 Å². The number of carboxylic acid groups (broad SMARTS) is 1. The zero-order valence-electron chi connectivity index (χ0n) is 6.05. The number of aromatic carboxylic acids is 1. The van der Waals surface area contributed by atoms with Crippen molar-refractivity contribution < 1.29 is 14.3 Å². The molecule has 0 heterocycles. The molecule has 1 aromatic rings. The molecule has 0 aliphatic rings. The first kappa shape index (κ1) is 9.19. The van der Waals surface area contributed by atoms with Gasteiger partial charge in [0.1, 0.15) is 5.82 Å². The Hall–Kier alpha value is -0.900. The van der Waals surface area contributed by atoms with Crippen molar-refractivity contribution >= 4 is 21.9 Å². The summed E-state index contributed by atoms with van der Waals surface area (Å²) in [6.07, 6.45) is 0. The van der Waals surface area contributed by atoms with Gasteiger partial charge in [-0.2, -0.15) is 0 Å². The maximum atomic E-state index is 13.1. The zero-order valence-corrected chi connectivity index (χ0v) is 7.64. The molecule has 0 saturated carbocycles. The highest BCUT2D eigenvalue weighted by atomic mass is 79.9. The molecule has 0 unspecified atom stereocenters. The summed E-state index contributed by atoms with van der Waals surface area (Å²) < 4.78 is 13.1. The van der Waals surface area contributed by atoms with Crippen molar-refractivity contribution in [2.45, 2.75) is 5.33 Å². The fourth-order valence-corrected chi connectivity index (χ4v) is 1.28. The fraction of sp³-hybridized carbons (Fsp3) is 0.125. The number of carboxylic acids is 1. The second kappa shape index (κ2) is 3.67. The third-order valence-corrected chi connectivity index (χ3v) is 2.06. The van der Waals surface area contributed by atoms with E-state index in [2.05, 4.69) is 15.9 Å². The topological polar surface area (TPSA) is 37.3 Å². The Kier molecular flexibility index (Phi) is 2.81. The van der Waals surface area contributed by atoms with Gasteiger partial charge in [0.2, 0.25) is 0 Å². The van der Waals surface area contributed by atoms with E-state index in [-0.39, 0.29) is 5.56 Å². The number of carbonyl (C=O) groups is 1. The number of rotatable bonds is 2. The molecule has 64 valence electrons. The van der Waals surface area contributed by atoms with Gasteiger partial charge in [-0.3, -0.25) is 0 Å². The number of hydrogen-bond acceptors (Lipinski definition) is 1. The second-order valence-electron chi connectivity index (χ2n) is 2.22. The highest BCUT2D eigenvalue weighted by molar-refractivity contribution is 9.08. The summed E-state index contributed by atoms with van der Waals surface area (Å²) in [5.41, 5.74) is 0.0712. The monoisotopic (exact) mass is 232 g/mol. The molecule has 4 heteroatoms. The molecule has 1 aromatic carbocycles. The van der Waals surface area contributed by atoms with E-state index in [0.29, 0.717) is 10.9 Å². The molecule has 12 heavy (non-hydrogen) atoms. The lowest BCUT2D eigenvalue weighted by Gasteiger charge is -2.00. The molecule has 0 saturated heterocycles. The van der Waals surface area contributed by atoms with Gasteiger partial charge >= 0.3 is 5.97 Å². The van der Waals surface area contributed by atoms with Crippen LogP contribution in [0.3, 0.4) is 0 Å². The minimum atomic E-state index is -1.24. The Labute approximate surface area is 77.2 Å². The maximum Gasteiger partial charge on any atom is 0.338 e. The van der Waals surface area contributed by atoms with Gasteiger partial charge in [-0.25, -0.2) is 9.18 Å². The summed E-state index contributed by atoms with van der Waals surface area (Å²) >= 11 is 3.06. The van der Waals surface area contributed by atoms with Crippen molar-refractivity contribution in [3.8, 4) is 0 Å². The smallest absolute Gasteiger partial charge is 0.338 e. The Balaban J connectivity index is 3.23. The molecule has 2 nitrogen and oxygen atoms in total. The molecule has 0 aliphatic heterocycles. The summed E-state index contributed by atoms with van der Waals surface area (Å²) in [6, 6.07) is 4.30. The molecule has 0 bridgehead atoms. The van der Waals surface area contributed by atoms with Crippen molar-refractivity contribution in [2.24, 2.45) is 0 Å². The van der Waals surface area contributed by atoms with Crippen LogP contribution in [0, 0.1) is 5.82 Å². The molecule has 0 amide bonds. The van der Waals surface area contributed by atoms with E-state index in [9.17, 15) is 9.18 Å². The van der Waals surface area contributed by atoms with Gasteiger partial charge < -0.3 is 5.11 Å². The van der Waals surface area contributed by atoms with Crippen molar-refractivity contribution in [2.75, 3.05) is 0 Å². The van der Waals surface area contributed by atoms with Crippen LogP contribution in [0.2, 0.25) is 0 Å². The standard InChI is InChI=1S/C8H6BrFO2/c9-4-5-2-1-3-6(7(5)10)8(11)12/h1-3H,4H2,(H,11,12). The number of benzene rings is 1. The van der Waals surface area contributed by atoms with E-state index in [1.54, 1.807) is 0 Å². The van der Waals surface area contributed by atoms with Crippen LogP contribution in [0.4, 0.5) is 4.39 Å². The van der Waals surface area contributed by atoms with Crippen molar-refractivity contribution in [3.63, 3.8) is 0 Å². The largest absolute Gasteiger partial charge is 0.478 e.